The van der Waals surface area contributed by atoms with Gasteiger partial charge in [0, 0.05) is 25.0 Å². The first kappa shape index (κ1) is 24.5. The van der Waals surface area contributed by atoms with Crippen LogP contribution in [0.1, 0.15) is 43.0 Å². The normalized spacial score (nSPS) is 20.5. The average Bonchev–Trinajstić information content (AvgIpc) is 3.54. The molecule has 3 atom stereocenters. The van der Waals surface area contributed by atoms with Crippen LogP contribution in [0.2, 0.25) is 0 Å². The van der Waals surface area contributed by atoms with Crippen molar-refractivity contribution in [1.82, 2.24) is 15.5 Å². The zero-order chi connectivity index (χ0) is 24.3. The highest BCUT2D eigenvalue weighted by atomic mass is 35.5. The minimum Gasteiger partial charge on any atom is -0.366 e. The second kappa shape index (κ2) is 10.2. The largest absolute Gasteiger partial charge is 0.366 e. The van der Waals surface area contributed by atoms with E-state index in [0.717, 1.165) is 22.6 Å². The van der Waals surface area contributed by atoms with E-state index in [0.29, 0.717) is 6.42 Å². The van der Waals surface area contributed by atoms with Crippen molar-refractivity contribution in [2.24, 2.45) is 11.7 Å². The molecule has 1 aromatic rings. The number of para-hydroxylation sites is 1. The van der Waals surface area contributed by atoms with E-state index in [9.17, 15) is 24.0 Å². The Bertz CT molecular complexity index is 966. The Labute approximate surface area is 196 Å². The van der Waals surface area contributed by atoms with Crippen LogP contribution >= 0.6 is 11.6 Å². The lowest BCUT2D eigenvalue weighted by Gasteiger charge is -2.35. The minimum absolute atomic E-state index is 0.00142. The summed E-state index contributed by atoms with van der Waals surface area (Å²) in [6, 6.07) is 3.61. The molecule has 1 saturated heterocycles. The van der Waals surface area contributed by atoms with E-state index in [2.05, 4.69) is 10.6 Å². The average molecular weight is 478 g/mol. The summed E-state index contributed by atoms with van der Waals surface area (Å²) in [5, 5.41) is 5.44. The van der Waals surface area contributed by atoms with Crippen LogP contribution in [0.15, 0.2) is 24.3 Å². The fraction of sp³-hybridized carbons (Fsp3) is 0.500. The van der Waals surface area contributed by atoms with E-state index in [1.807, 2.05) is 6.92 Å². The summed E-state index contributed by atoms with van der Waals surface area (Å²) < 4.78 is 0. The topological polar surface area (TPSA) is 142 Å². The molecule has 3 rings (SSSR count). The number of halogens is 1. The molecule has 0 bridgehead atoms. The number of nitrogens with zero attached hydrogens (tertiary/aromatic N) is 2. The van der Waals surface area contributed by atoms with Gasteiger partial charge in [-0.25, -0.2) is 4.79 Å². The molecule has 5 amide bonds. The minimum atomic E-state index is -1.34. The zero-order valence-corrected chi connectivity index (χ0v) is 19.3. The van der Waals surface area contributed by atoms with E-state index >= 15 is 0 Å². The van der Waals surface area contributed by atoms with Gasteiger partial charge in [0.2, 0.25) is 11.7 Å². The van der Waals surface area contributed by atoms with Gasteiger partial charge in [-0.05, 0) is 44.7 Å². The van der Waals surface area contributed by atoms with Gasteiger partial charge in [0.1, 0.15) is 6.04 Å². The van der Waals surface area contributed by atoms with Gasteiger partial charge in [-0.15, -0.1) is 11.6 Å². The third-order valence-electron chi connectivity index (χ3n) is 5.80. The van der Waals surface area contributed by atoms with E-state index in [1.165, 1.54) is 19.2 Å². The van der Waals surface area contributed by atoms with E-state index in [-0.39, 0.29) is 41.7 Å². The van der Waals surface area contributed by atoms with Crippen molar-refractivity contribution in [3.8, 4) is 0 Å². The zero-order valence-electron chi connectivity index (χ0n) is 18.5. The Morgan fingerprint density at radius 1 is 1.24 bits per heavy atom. The van der Waals surface area contributed by atoms with Crippen LogP contribution in [0.3, 0.4) is 0 Å². The number of carbonyl (C=O) groups excluding carboxylic acids is 5. The Morgan fingerprint density at radius 2 is 1.91 bits per heavy atom. The van der Waals surface area contributed by atoms with Gasteiger partial charge in [0.25, 0.3) is 11.8 Å². The number of Topliss-reactive ketones (excluding diaryl/α,β-unsaturated/α-hetero) is 1. The first-order valence-corrected chi connectivity index (χ1v) is 11.3. The Kier molecular flexibility index (Phi) is 7.57. The fourth-order valence-electron chi connectivity index (χ4n) is 3.92. The molecule has 4 N–H and O–H groups in total. The van der Waals surface area contributed by atoms with Crippen molar-refractivity contribution in [2.45, 2.75) is 50.7 Å². The molecule has 1 heterocycles. The third-order valence-corrected chi connectivity index (χ3v) is 6.16. The van der Waals surface area contributed by atoms with Crippen molar-refractivity contribution in [1.29, 1.82) is 0 Å². The Morgan fingerprint density at radius 3 is 2.45 bits per heavy atom. The Hall–Kier alpha value is -3.14. The summed E-state index contributed by atoms with van der Waals surface area (Å²) in [6.45, 7) is 1.83. The summed E-state index contributed by atoms with van der Waals surface area (Å²) in [5.41, 5.74) is 5.59. The molecule has 0 spiro atoms. The van der Waals surface area contributed by atoms with Crippen LogP contribution in [-0.4, -0.2) is 65.6 Å². The van der Waals surface area contributed by atoms with Gasteiger partial charge in [-0.2, -0.15) is 0 Å². The standard InChI is InChI=1S/C22H28ClN5O5/c1-12-9-13(20(31)25-12)10-17(18(29)21(32)26-14-7-8-14)28(22(33)27(2)11-23)16-6-4-3-5-15(16)19(24)30/h3-6,12-14,17H,7-11H2,1-2H3,(H2,24,30)(H,25,31)(H,26,32)/t12-,13+,17+/m1/s1. The van der Waals surface area contributed by atoms with Gasteiger partial charge in [0.05, 0.1) is 17.3 Å². The highest BCUT2D eigenvalue weighted by Gasteiger charge is 2.42. The van der Waals surface area contributed by atoms with Crippen molar-refractivity contribution in [2.75, 3.05) is 18.0 Å². The molecule has 0 radical (unpaired) electrons. The fourth-order valence-corrected chi connectivity index (χ4v) is 4.03. The number of benzene rings is 1. The number of urea groups is 1. The highest BCUT2D eigenvalue weighted by Crippen LogP contribution is 2.30. The maximum atomic E-state index is 13.4. The lowest BCUT2D eigenvalue weighted by atomic mass is 9.92. The van der Waals surface area contributed by atoms with Gasteiger partial charge in [-0.3, -0.25) is 24.1 Å². The molecule has 2 fully saturated rings. The van der Waals surface area contributed by atoms with Gasteiger partial charge in [0.15, 0.2) is 0 Å². The second-order valence-electron chi connectivity index (χ2n) is 8.56. The molecular formula is C22H28ClN5O5. The van der Waals surface area contributed by atoms with Crippen molar-refractivity contribution in [3.63, 3.8) is 0 Å². The summed E-state index contributed by atoms with van der Waals surface area (Å²) in [6.07, 6.45) is 1.89. The smallest absolute Gasteiger partial charge is 0.325 e. The summed E-state index contributed by atoms with van der Waals surface area (Å²) in [4.78, 5) is 66.3. The summed E-state index contributed by atoms with van der Waals surface area (Å²) >= 11 is 5.88. The number of rotatable bonds is 9. The number of primary amides is 1. The molecule has 1 saturated carbocycles. The van der Waals surface area contributed by atoms with Crippen LogP contribution in [0, 0.1) is 5.92 Å². The molecule has 11 heteroatoms. The lowest BCUT2D eigenvalue weighted by Crippen LogP contribution is -2.55. The Balaban J connectivity index is 2.08. The number of nitrogens with one attached hydrogen (secondary N) is 2. The first-order valence-electron chi connectivity index (χ1n) is 10.8. The second-order valence-corrected chi connectivity index (χ2v) is 8.80. The summed E-state index contributed by atoms with van der Waals surface area (Å²) in [5.74, 6) is -3.37. The molecule has 33 heavy (non-hydrogen) atoms. The first-order chi connectivity index (χ1) is 15.6. The monoisotopic (exact) mass is 477 g/mol. The van der Waals surface area contributed by atoms with Crippen LogP contribution in [0.25, 0.3) is 0 Å². The van der Waals surface area contributed by atoms with Crippen molar-refractivity contribution in [3.05, 3.63) is 29.8 Å². The molecule has 1 aliphatic carbocycles. The van der Waals surface area contributed by atoms with Crippen LogP contribution in [0.5, 0.6) is 0 Å². The number of ketones is 1. The maximum Gasteiger partial charge on any atom is 0.325 e. The summed E-state index contributed by atoms with van der Waals surface area (Å²) in [7, 11) is 1.42. The number of nitrogens with two attached hydrogens (primary N) is 1. The lowest BCUT2D eigenvalue weighted by molar-refractivity contribution is -0.139. The van der Waals surface area contributed by atoms with E-state index in [1.54, 1.807) is 12.1 Å². The van der Waals surface area contributed by atoms with Crippen LogP contribution in [-0.2, 0) is 14.4 Å². The van der Waals surface area contributed by atoms with Crippen molar-refractivity contribution < 1.29 is 24.0 Å². The maximum absolute atomic E-state index is 13.4. The van der Waals surface area contributed by atoms with Gasteiger partial charge in [-0.1, -0.05) is 12.1 Å². The molecule has 178 valence electrons. The number of hydrogen-bond donors (Lipinski definition) is 3. The van der Waals surface area contributed by atoms with E-state index < -0.39 is 35.6 Å². The molecule has 2 aliphatic rings. The predicted molar refractivity (Wildman–Crippen MR) is 122 cm³/mol. The molecule has 1 aromatic carbocycles. The number of alkyl halides is 1. The van der Waals surface area contributed by atoms with E-state index in [4.69, 9.17) is 17.3 Å². The van der Waals surface area contributed by atoms with Crippen LogP contribution < -0.4 is 21.3 Å². The number of carbonyl (C=O) groups is 5. The molecule has 0 unspecified atom stereocenters. The quantitative estimate of drug-likeness (QED) is 0.276. The number of anilines is 1. The predicted octanol–water partition coefficient (Wildman–Crippen LogP) is 0.971. The highest BCUT2D eigenvalue weighted by molar-refractivity contribution is 6.39. The van der Waals surface area contributed by atoms with Gasteiger partial charge < -0.3 is 21.3 Å². The van der Waals surface area contributed by atoms with Crippen LogP contribution in [0.4, 0.5) is 10.5 Å². The number of amides is 5. The molecule has 1 aliphatic heterocycles. The molecular weight excluding hydrogens is 450 g/mol. The van der Waals surface area contributed by atoms with Gasteiger partial charge >= 0.3 is 6.03 Å². The van der Waals surface area contributed by atoms with Crippen molar-refractivity contribution >= 4 is 46.8 Å². The third kappa shape index (κ3) is 5.62. The molecule has 0 aromatic heterocycles. The SMILES string of the molecule is C[C@@H]1C[C@@H](C[C@@H](C(=O)C(=O)NC2CC2)N(C(=O)N(C)CCl)c2ccccc2C(N)=O)C(=O)N1. The number of hydrogen-bond acceptors (Lipinski definition) is 5. The molecule has 10 nitrogen and oxygen atoms in total.